The third-order valence-corrected chi connectivity index (χ3v) is 5.34. The highest BCUT2D eigenvalue weighted by Gasteiger charge is 2.42. The minimum absolute atomic E-state index is 0.106. The van der Waals surface area contributed by atoms with Crippen LogP contribution in [0.15, 0.2) is 48.5 Å². The van der Waals surface area contributed by atoms with Gasteiger partial charge < -0.3 is 24.2 Å². The molecule has 1 N–H and O–H groups in total. The summed E-state index contributed by atoms with van der Waals surface area (Å²) in [6, 6.07) is 15.2. The number of rotatable bonds is 15. The van der Waals surface area contributed by atoms with Gasteiger partial charge in [0.2, 0.25) is 0 Å². The molecule has 0 saturated heterocycles. The highest BCUT2D eigenvalue weighted by atomic mass is 19.3. The SMILES string of the molecule is COc1cccc(CCc2ccccc2OCC(CCN(C)C)OC(=O)C(F)(F)CCC(=O)O)c1. The Morgan fingerprint density at radius 2 is 1.83 bits per heavy atom. The molecule has 0 saturated carbocycles. The van der Waals surface area contributed by atoms with Crippen molar-refractivity contribution in [1.82, 2.24) is 4.90 Å². The summed E-state index contributed by atoms with van der Waals surface area (Å²) in [5.74, 6) is -5.67. The molecule has 2 aromatic carbocycles. The number of carboxylic acids is 1. The van der Waals surface area contributed by atoms with Crippen LogP contribution in [0.2, 0.25) is 0 Å². The predicted molar refractivity (Wildman–Crippen MR) is 127 cm³/mol. The topological polar surface area (TPSA) is 85.3 Å². The second-order valence-corrected chi connectivity index (χ2v) is 8.49. The Labute approximate surface area is 204 Å². The molecule has 0 aliphatic carbocycles. The summed E-state index contributed by atoms with van der Waals surface area (Å²) in [7, 11) is 5.24. The smallest absolute Gasteiger partial charge is 0.377 e. The van der Waals surface area contributed by atoms with Crippen molar-refractivity contribution in [3.05, 3.63) is 59.7 Å². The molecule has 1 atom stereocenters. The Balaban J connectivity index is 2.04. The van der Waals surface area contributed by atoms with Crippen LogP contribution >= 0.6 is 0 Å². The van der Waals surface area contributed by atoms with Crippen LogP contribution in [0.5, 0.6) is 11.5 Å². The van der Waals surface area contributed by atoms with Crippen LogP contribution in [0.25, 0.3) is 0 Å². The van der Waals surface area contributed by atoms with Gasteiger partial charge in [0.25, 0.3) is 0 Å². The molecule has 2 rings (SSSR count). The Hall–Kier alpha value is -3.20. The average Bonchev–Trinajstić information content (AvgIpc) is 2.83. The number of benzene rings is 2. The first-order valence-electron chi connectivity index (χ1n) is 11.4. The van der Waals surface area contributed by atoms with Gasteiger partial charge in [-0.15, -0.1) is 0 Å². The Kier molecular flexibility index (Phi) is 10.9. The summed E-state index contributed by atoms with van der Waals surface area (Å²) < 4.78 is 44.4. The third kappa shape index (κ3) is 9.90. The second kappa shape index (κ2) is 13.6. The van der Waals surface area contributed by atoms with Crippen LogP contribution in [0.4, 0.5) is 8.78 Å². The maximum Gasteiger partial charge on any atom is 0.377 e. The predicted octanol–water partition coefficient (Wildman–Crippen LogP) is 4.22. The quantitative estimate of drug-likeness (QED) is 0.372. The Morgan fingerprint density at radius 1 is 1.09 bits per heavy atom. The first-order valence-corrected chi connectivity index (χ1v) is 11.4. The van der Waals surface area contributed by atoms with Crippen LogP contribution in [0.1, 0.15) is 30.4 Å². The molecule has 0 aliphatic heterocycles. The van der Waals surface area contributed by atoms with Crippen molar-refractivity contribution in [3.63, 3.8) is 0 Å². The summed E-state index contributed by atoms with van der Waals surface area (Å²) in [5, 5.41) is 8.65. The molecule has 0 aliphatic rings. The minimum atomic E-state index is -3.89. The molecule has 0 bridgehead atoms. The second-order valence-electron chi connectivity index (χ2n) is 8.49. The molecule has 192 valence electrons. The van der Waals surface area contributed by atoms with Gasteiger partial charge in [0.15, 0.2) is 0 Å². The standard InChI is InChI=1S/C26H33F2NO6/c1-29(2)16-14-22(35-25(32)26(27,28)15-13-24(30)31)18-34-23-10-5-4-8-20(23)12-11-19-7-6-9-21(17-19)33-3/h4-10,17,22H,11-16,18H2,1-3H3,(H,30,31). The van der Waals surface area contributed by atoms with Crippen molar-refractivity contribution in [2.45, 2.75) is 44.1 Å². The van der Waals surface area contributed by atoms with E-state index in [1.54, 1.807) is 13.2 Å². The number of para-hydroxylation sites is 1. The number of carbonyl (C=O) groups excluding carboxylic acids is 1. The Bertz CT molecular complexity index is 966. The van der Waals surface area contributed by atoms with Crippen LogP contribution in [-0.2, 0) is 27.2 Å². The van der Waals surface area contributed by atoms with E-state index in [4.69, 9.17) is 19.3 Å². The number of nitrogens with zero attached hydrogens (tertiary/aromatic N) is 1. The van der Waals surface area contributed by atoms with Gasteiger partial charge >= 0.3 is 17.9 Å². The lowest BCUT2D eigenvalue weighted by atomic mass is 10.0. The van der Waals surface area contributed by atoms with Gasteiger partial charge in [0.05, 0.1) is 13.5 Å². The number of methoxy groups -OCH3 is 1. The van der Waals surface area contributed by atoms with Gasteiger partial charge in [0.1, 0.15) is 24.2 Å². The van der Waals surface area contributed by atoms with Crippen molar-refractivity contribution < 1.29 is 37.7 Å². The molecule has 0 amide bonds. The number of carbonyl (C=O) groups is 2. The van der Waals surface area contributed by atoms with E-state index in [-0.39, 0.29) is 13.0 Å². The van der Waals surface area contributed by atoms with E-state index in [0.717, 1.165) is 23.3 Å². The first-order chi connectivity index (χ1) is 16.6. The van der Waals surface area contributed by atoms with Crippen molar-refractivity contribution >= 4 is 11.9 Å². The number of carboxylic acid groups (broad SMARTS) is 1. The van der Waals surface area contributed by atoms with E-state index in [1.165, 1.54) is 0 Å². The molecule has 0 radical (unpaired) electrons. The van der Waals surface area contributed by atoms with Crippen molar-refractivity contribution in [3.8, 4) is 11.5 Å². The van der Waals surface area contributed by atoms with Crippen molar-refractivity contribution in [1.29, 1.82) is 0 Å². The number of alkyl halides is 2. The molecule has 9 heteroatoms. The zero-order chi connectivity index (χ0) is 25.8. The molecular formula is C26H33F2NO6. The maximum absolute atomic E-state index is 14.1. The fourth-order valence-electron chi connectivity index (χ4n) is 3.32. The monoisotopic (exact) mass is 493 g/mol. The van der Waals surface area contributed by atoms with Crippen LogP contribution in [-0.4, -0.2) is 68.3 Å². The summed E-state index contributed by atoms with van der Waals surface area (Å²) in [6.07, 6.45) is -1.17. The first kappa shape index (κ1) is 28.0. The van der Waals surface area contributed by atoms with E-state index < -0.39 is 36.8 Å². The van der Waals surface area contributed by atoms with Crippen molar-refractivity contribution in [2.24, 2.45) is 0 Å². The number of halogens is 2. The van der Waals surface area contributed by atoms with Crippen LogP contribution in [0.3, 0.4) is 0 Å². The number of ether oxygens (including phenoxy) is 3. The minimum Gasteiger partial charge on any atom is -0.497 e. The summed E-state index contributed by atoms with van der Waals surface area (Å²) in [6.45, 7) is 0.379. The van der Waals surface area contributed by atoms with Gasteiger partial charge in [-0.2, -0.15) is 8.78 Å². The van der Waals surface area contributed by atoms with Gasteiger partial charge in [0, 0.05) is 19.4 Å². The number of esters is 1. The maximum atomic E-state index is 14.1. The molecule has 7 nitrogen and oxygen atoms in total. The molecule has 35 heavy (non-hydrogen) atoms. The Morgan fingerprint density at radius 3 is 2.51 bits per heavy atom. The summed E-state index contributed by atoms with van der Waals surface area (Å²) in [5.41, 5.74) is 2.03. The van der Waals surface area contributed by atoms with Gasteiger partial charge in [-0.05, 0) is 56.3 Å². The van der Waals surface area contributed by atoms with E-state index in [1.807, 2.05) is 61.5 Å². The number of aryl methyl sites for hydroxylation is 2. The van der Waals surface area contributed by atoms with Gasteiger partial charge in [-0.3, -0.25) is 4.79 Å². The van der Waals surface area contributed by atoms with E-state index in [0.29, 0.717) is 18.7 Å². The van der Waals surface area contributed by atoms with Crippen LogP contribution < -0.4 is 9.47 Å². The van der Waals surface area contributed by atoms with E-state index in [9.17, 15) is 18.4 Å². The summed E-state index contributed by atoms with van der Waals surface area (Å²) in [4.78, 5) is 24.5. The largest absolute Gasteiger partial charge is 0.497 e. The fourth-order valence-corrected chi connectivity index (χ4v) is 3.32. The molecule has 1 unspecified atom stereocenters. The number of hydrogen-bond donors (Lipinski definition) is 1. The normalized spacial score (nSPS) is 12.3. The summed E-state index contributed by atoms with van der Waals surface area (Å²) >= 11 is 0. The lowest BCUT2D eigenvalue weighted by Crippen LogP contribution is -2.37. The zero-order valence-electron chi connectivity index (χ0n) is 20.3. The molecule has 0 heterocycles. The van der Waals surface area contributed by atoms with E-state index >= 15 is 0 Å². The highest BCUT2D eigenvalue weighted by molar-refractivity contribution is 5.78. The van der Waals surface area contributed by atoms with Crippen molar-refractivity contribution in [2.75, 3.05) is 34.4 Å². The zero-order valence-corrected chi connectivity index (χ0v) is 20.3. The molecule has 0 spiro atoms. The molecule has 2 aromatic rings. The van der Waals surface area contributed by atoms with E-state index in [2.05, 4.69) is 0 Å². The molecule has 0 fully saturated rings. The number of aliphatic carboxylic acids is 1. The number of hydrogen-bond acceptors (Lipinski definition) is 6. The average molecular weight is 494 g/mol. The lowest BCUT2D eigenvalue weighted by molar-refractivity contribution is -0.181. The molecule has 0 aromatic heterocycles. The van der Waals surface area contributed by atoms with Crippen LogP contribution in [0, 0.1) is 0 Å². The van der Waals surface area contributed by atoms with Gasteiger partial charge in [-0.1, -0.05) is 30.3 Å². The fraction of sp³-hybridized carbons (Fsp3) is 0.462. The third-order valence-electron chi connectivity index (χ3n) is 5.34. The van der Waals surface area contributed by atoms with Gasteiger partial charge in [-0.25, -0.2) is 4.79 Å². The highest BCUT2D eigenvalue weighted by Crippen LogP contribution is 2.25. The lowest BCUT2D eigenvalue weighted by Gasteiger charge is -2.23. The molecular weight excluding hydrogens is 460 g/mol.